The quantitative estimate of drug-likeness (QED) is 0.542. The molecule has 0 fully saturated rings. The van der Waals surface area contributed by atoms with Crippen molar-refractivity contribution in [2.24, 2.45) is 0 Å². The summed E-state index contributed by atoms with van der Waals surface area (Å²) in [5, 5.41) is 19.5. The number of ether oxygens (including phenoxy) is 1. The molecule has 1 aromatic carbocycles. The Kier molecular flexibility index (Phi) is 8.87. The molecular formula is C18H23FO4. The molecule has 1 rings (SSSR count). The number of allylic oxidation sites excluding steroid dienone is 2. The molecule has 4 nitrogen and oxygen atoms in total. The monoisotopic (exact) mass is 322 g/mol. The van der Waals surface area contributed by atoms with Gasteiger partial charge in [-0.25, -0.2) is 4.39 Å². The first kappa shape index (κ1) is 19.1. The molecule has 1 aromatic rings. The molecule has 0 aliphatic carbocycles. The Labute approximate surface area is 135 Å². The molecule has 23 heavy (non-hydrogen) atoms. The van der Waals surface area contributed by atoms with Gasteiger partial charge in [0.15, 0.2) is 0 Å². The smallest absolute Gasteiger partial charge is 0.305 e. The first-order chi connectivity index (χ1) is 11.0. The number of carbonyl (C=O) groups excluding carboxylic acids is 1. The lowest BCUT2D eigenvalue weighted by molar-refractivity contribution is -0.143. The Morgan fingerprint density at radius 2 is 1.78 bits per heavy atom. The highest BCUT2D eigenvalue weighted by Gasteiger charge is 2.05. The summed E-state index contributed by atoms with van der Waals surface area (Å²) in [6.07, 6.45) is 5.78. The summed E-state index contributed by atoms with van der Waals surface area (Å²) in [4.78, 5) is 11.1. The van der Waals surface area contributed by atoms with Crippen molar-refractivity contribution in [3.05, 3.63) is 60.0 Å². The summed E-state index contributed by atoms with van der Waals surface area (Å²) < 4.78 is 17.5. The van der Waals surface area contributed by atoms with Gasteiger partial charge in [-0.15, -0.1) is 0 Å². The van der Waals surface area contributed by atoms with Crippen LogP contribution in [-0.4, -0.2) is 35.0 Å². The molecule has 0 spiro atoms. The number of carbonyl (C=O) groups is 1. The van der Waals surface area contributed by atoms with Crippen molar-refractivity contribution in [2.45, 2.75) is 38.4 Å². The molecule has 0 radical (unpaired) electrons. The summed E-state index contributed by atoms with van der Waals surface area (Å²) >= 11 is 0. The van der Waals surface area contributed by atoms with Crippen molar-refractivity contribution in [1.29, 1.82) is 0 Å². The normalized spacial score (nSPS) is 14.3. The van der Waals surface area contributed by atoms with Crippen molar-refractivity contribution in [1.82, 2.24) is 0 Å². The molecule has 0 aromatic heterocycles. The zero-order valence-corrected chi connectivity index (χ0v) is 13.2. The van der Waals surface area contributed by atoms with E-state index in [1.165, 1.54) is 12.1 Å². The van der Waals surface area contributed by atoms with Crippen LogP contribution in [0.15, 0.2) is 48.6 Å². The minimum Gasteiger partial charge on any atom is -0.466 e. The SMILES string of the molecule is CCOC(=O)CC[C@H](O)/C=C/C=C/[C@H](O)Cc1ccc(F)cc1. The average Bonchev–Trinajstić information content (AvgIpc) is 2.52. The molecule has 5 heteroatoms. The molecule has 0 saturated heterocycles. The molecular weight excluding hydrogens is 299 g/mol. The number of hydrogen-bond acceptors (Lipinski definition) is 4. The van der Waals surface area contributed by atoms with Crippen LogP contribution in [0.3, 0.4) is 0 Å². The second kappa shape index (κ2) is 10.7. The minimum absolute atomic E-state index is 0.163. The first-order valence-electron chi connectivity index (χ1n) is 7.62. The zero-order valence-electron chi connectivity index (χ0n) is 13.2. The molecule has 0 unspecified atom stereocenters. The van der Waals surface area contributed by atoms with Crippen LogP contribution in [0.2, 0.25) is 0 Å². The molecule has 2 N–H and O–H groups in total. The summed E-state index contributed by atoms with van der Waals surface area (Å²) in [5.74, 6) is -0.635. The third-order valence-corrected chi connectivity index (χ3v) is 3.09. The molecule has 2 atom stereocenters. The van der Waals surface area contributed by atoms with Crippen molar-refractivity contribution in [2.75, 3.05) is 6.61 Å². The van der Waals surface area contributed by atoms with Gasteiger partial charge in [0.2, 0.25) is 0 Å². The summed E-state index contributed by atoms with van der Waals surface area (Å²) in [7, 11) is 0. The lowest BCUT2D eigenvalue weighted by atomic mass is 10.1. The van der Waals surface area contributed by atoms with E-state index in [1.807, 2.05) is 0 Å². The Bertz CT molecular complexity index is 522. The van der Waals surface area contributed by atoms with E-state index in [1.54, 1.807) is 43.4 Å². The lowest BCUT2D eigenvalue weighted by Crippen LogP contribution is -2.09. The van der Waals surface area contributed by atoms with E-state index in [0.717, 1.165) is 5.56 Å². The highest BCUT2D eigenvalue weighted by molar-refractivity contribution is 5.69. The zero-order chi connectivity index (χ0) is 17.1. The number of aliphatic hydroxyl groups is 2. The number of benzene rings is 1. The van der Waals surface area contributed by atoms with E-state index in [2.05, 4.69) is 0 Å². The van der Waals surface area contributed by atoms with Gasteiger partial charge in [-0.1, -0.05) is 36.4 Å². The number of aliphatic hydroxyl groups excluding tert-OH is 2. The summed E-state index contributed by atoms with van der Waals surface area (Å²) in [6.45, 7) is 2.07. The van der Waals surface area contributed by atoms with E-state index in [9.17, 15) is 19.4 Å². The van der Waals surface area contributed by atoms with Crippen LogP contribution in [0.1, 0.15) is 25.3 Å². The van der Waals surface area contributed by atoms with Gasteiger partial charge in [0.05, 0.1) is 18.8 Å². The summed E-state index contributed by atoms with van der Waals surface area (Å²) in [6, 6.07) is 5.96. The van der Waals surface area contributed by atoms with Crippen LogP contribution < -0.4 is 0 Å². The van der Waals surface area contributed by atoms with E-state index in [4.69, 9.17) is 4.74 Å². The number of hydrogen-bond donors (Lipinski definition) is 2. The van der Waals surface area contributed by atoms with E-state index in [0.29, 0.717) is 19.4 Å². The van der Waals surface area contributed by atoms with Gasteiger partial charge in [-0.05, 0) is 31.0 Å². The fourth-order valence-electron chi connectivity index (χ4n) is 1.91. The standard InChI is InChI=1S/C18H23FO4/c1-2-23-18(22)12-11-16(20)5-3-4-6-17(21)13-14-7-9-15(19)10-8-14/h3-10,16-17,20-21H,2,11-13H2,1H3/b5-3+,6-4+/t16-,17+/m1/s1. The van der Waals surface area contributed by atoms with Gasteiger partial charge >= 0.3 is 5.97 Å². The van der Waals surface area contributed by atoms with Crippen molar-refractivity contribution in [3.8, 4) is 0 Å². The fraction of sp³-hybridized carbons (Fsp3) is 0.389. The van der Waals surface area contributed by atoms with Crippen LogP contribution in [0.25, 0.3) is 0 Å². The van der Waals surface area contributed by atoms with E-state index >= 15 is 0 Å². The van der Waals surface area contributed by atoms with Gasteiger partial charge in [-0.2, -0.15) is 0 Å². The number of rotatable bonds is 9. The maximum atomic E-state index is 12.8. The van der Waals surface area contributed by atoms with Crippen molar-refractivity contribution in [3.63, 3.8) is 0 Å². The Hall–Kier alpha value is -1.98. The van der Waals surface area contributed by atoms with E-state index in [-0.39, 0.29) is 18.2 Å². The Balaban J connectivity index is 2.30. The summed E-state index contributed by atoms with van der Waals surface area (Å²) in [5.41, 5.74) is 0.835. The van der Waals surface area contributed by atoms with Crippen LogP contribution in [-0.2, 0) is 16.0 Å². The van der Waals surface area contributed by atoms with Crippen LogP contribution in [0, 0.1) is 5.82 Å². The minimum atomic E-state index is -0.738. The molecule has 0 aliphatic rings. The largest absolute Gasteiger partial charge is 0.466 e. The van der Waals surface area contributed by atoms with Crippen LogP contribution >= 0.6 is 0 Å². The van der Waals surface area contributed by atoms with Crippen molar-refractivity contribution >= 4 is 5.97 Å². The highest BCUT2D eigenvalue weighted by Crippen LogP contribution is 2.07. The van der Waals surface area contributed by atoms with Gasteiger partial charge in [0, 0.05) is 12.8 Å². The lowest BCUT2D eigenvalue weighted by Gasteiger charge is -2.05. The van der Waals surface area contributed by atoms with Gasteiger partial charge in [0.1, 0.15) is 5.82 Å². The second-order valence-electron chi connectivity index (χ2n) is 5.08. The van der Waals surface area contributed by atoms with Crippen LogP contribution in [0.5, 0.6) is 0 Å². The Morgan fingerprint density at radius 3 is 2.39 bits per heavy atom. The molecule has 0 aliphatic heterocycles. The third kappa shape index (κ3) is 8.90. The second-order valence-corrected chi connectivity index (χ2v) is 5.08. The van der Waals surface area contributed by atoms with Crippen LogP contribution in [0.4, 0.5) is 4.39 Å². The Morgan fingerprint density at radius 1 is 1.17 bits per heavy atom. The maximum Gasteiger partial charge on any atom is 0.305 e. The molecule has 126 valence electrons. The predicted octanol–water partition coefficient (Wildman–Crippen LogP) is 2.55. The number of halogens is 1. The third-order valence-electron chi connectivity index (χ3n) is 3.09. The number of esters is 1. The molecule has 0 amide bonds. The maximum absolute atomic E-state index is 12.8. The first-order valence-corrected chi connectivity index (χ1v) is 7.62. The van der Waals surface area contributed by atoms with Gasteiger partial charge < -0.3 is 14.9 Å². The predicted molar refractivity (Wildman–Crippen MR) is 86.3 cm³/mol. The van der Waals surface area contributed by atoms with Crippen molar-refractivity contribution < 1.29 is 24.1 Å². The molecule has 0 saturated carbocycles. The van der Waals surface area contributed by atoms with Gasteiger partial charge in [0.25, 0.3) is 0 Å². The average molecular weight is 322 g/mol. The molecule has 0 heterocycles. The molecule has 0 bridgehead atoms. The van der Waals surface area contributed by atoms with E-state index < -0.39 is 12.2 Å². The topological polar surface area (TPSA) is 66.8 Å². The fourth-order valence-corrected chi connectivity index (χ4v) is 1.91. The van der Waals surface area contributed by atoms with Gasteiger partial charge in [-0.3, -0.25) is 4.79 Å². The highest BCUT2D eigenvalue weighted by atomic mass is 19.1.